The van der Waals surface area contributed by atoms with E-state index in [1.54, 1.807) is 6.20 Å². The van der Waals surface area contributed by atoms with E-state index in [0.717, 1.165) is 37.5 Å². The highest BCUT2D eigenvalue weighted by Gasteiger charge is 2.18. The highest BCUT2D eigenvalue weighted by Crippen LogP contribution is 2.28. The molecule has 0 radical (unpaired) electrons. The van der Waals surface area contributed by atoms with Crippen LogP contribution in [0.5, 0.6) is 0 Å². The van der Waals surface area contributed by atoms with Crippen LogP contribution in [-0.2, 0) is 6.54 Å². The van der Waals surface area contributed by atoms with E-state index in [-0.39, 0.29) is 5.91 Å². The van der Waals surface area contributed by atoms with Crippen molar-refractivity contribution in [1.82, 2.24) is 15.1 Å². The summed E-state index contributed by atoms with van der Waals surface area (Å²) in [7, 11) is 0. The number of hydrogen-bond donors (Lipinski definition) is 2. The summed E-state index contributed by atoms with van der Waals surface area (Å²) < 4.78 is 1.85. The van der Waals surface area contributed by atoms with Crippen molar-refractivity contribution in [2.75, 3.05) is 13.1 Å². The average molecular weight is 264 g/mol. The van der Waals surface area contributed by atoms with E-state index in [2.05, 4.69) is 10.4 Å². The standard InChI is InChI=1S/C14H24N4O/c1-11-13(10-17-18(11)9-3-7-15)14(19)16-8-6-12-4-2-5-12/h10,12H,2-9,15H2,1H3,(H,16,19). The number of nitrogens with zero attached hydrogens (tertiary/aromatic N) is 2. The Labute approximate surface area is 114 Å². The summed E-state index contributed by atoms with van der Waals surface area (Å²) in [6, 6.07) is 0. The smallest absolute Gasteiger partial charge is 0.254 e. The van der Waals surface area contributed by atoms with Crippen molar-refractivity contribution in [1.29, 1.82) is 0 Å². The van der Waals surface area contributed by atoms with E-state index in [1.165, 1.54) is 19.3 Å². The van der Waals surface area contributed by atoms with Crippen LogP contribution in [0.2, 0.25) is 0 Å². The summed E-state index contributed by atoms with van der Waals surface area (Å²) in [5.74, 6) is 0.824. The third kappa shape index (κ3) is 3.56. The number of rotatable bonds is 7. The minimum atomic E-state index is -0.00387. The molecule has 1 saturated carbocycles. The number of aromatic nitrogens is 2. The quantitative estimate of drug-likeness (QED) is 0.783. The monoisotopic (exact) mass is 264 g/mol. The van der Waals surface area contributed by atoms with Crippen LogP contribution < -0.4 is 11.1 Å². The number of hydrogen-bond acceptors (Lipinski definition) is 3. The lowest BCUT2D eigenvalue weighted by Crippen LogP contribution is -2.27. The SMILES string of the molecule is Cc1c(C(=O)NCCC2CCC2)cnn1CCCN. The molecule has 1 aromatic rings. The molecule has 0 aromatic carbocycles. The van der Waals surface area contributed by atoms with Crippen molar-refractivity contribution in [3.63, 3.8) is 0 Å². The fourth-order valence-corrected chi connectivity index (χ4v) is 2.40. The van der Waals surface area contributed by atoms with Crippen molar-refractivity contribution >= 4 is 5.91 Å². The van der Waals surface area contributed by atoms with E-state index in [1.807, 2.05) is 11.6 Å². The maximum absolute atomic E-state index is 12.1. The van der Waals surface area contributed by atoms with E-state index in [4.69, 9.17) is 5.73 Å². The normalized spacial score (nSPS) is 15.3. The Morgan fingerprint density at radius 3 is 3.00 bits per heavy atom. The molecule has 0 saturated heterocycles. The van der Waals surface area contributed by atoms with Gasteiger partial charge in [0, 0.05) is 18.8 Å². The first-order chi connectivity index (χ1) is 9.22. The van der Waals surface area contributed by atoms with Gasteiger partial charge < -0.3 is 11.1 Å². The topological polar surface area (TPSA) is 72.9 Å². The third-order valence-electron chi connectivity index (χ3n) is 3.98. The summed E-state index contributed by atoms with van der Waals surface area (Å²) in [4.78, 5) is 12.1. The molecule has 5 heteroatoms. The molecule has 1 heterocycles. The molecule has 1 aliphatic rings. The Balaban J connectivity index is 1.82. The highest BCUT2D eigenvalue weighted by atomic mass is 16.1. The van der Waals surface area contributed by atoms with Crippen molar-refractivity contribution < 1.29 is 4.79 Å². The molecule has 19 heavy (non-hydrogen) atoms. The molecule has 0 unspecified atom stereocenters. The molecule has 5 nitrogen and oxygen atoms in total. The van der Waals surface area contributed by atoms with Gasteiger partial charge in [-0.05, 0) is 32.2 Å². The Hall–Kier alpha value is -1.36. The lowest BCUT2D eigenvalue weighted by atomic mass is 9.83. The van der Waals surface area contributed by atoms with Gasteiger partial charge in [0.1, 0.15) is 0 Å². The molecule has 3 N–H and O–H groups in total. The molecule has 1 aliphatic carbocycles. The summed E-state index contributed by atoms with van der Waals surface area (Å²) in [6.07, 6.45) is 7.64. The maximum atomic E-state index is 12.1. The largest absolute Gasteiger partial charge is 0.352 e. The predicted octanol–water partition coefficient (Wildman–Crippen LogP) is 1.46. The Bertz CT molecular complexity index is 423. The predicted molar refractivity (Wildman–Crippen MR) is 74.9 cm³/mol. The van der Waals surface area contributed by atoms with Crippen molar-refractivity contribution in [3.05, 3.63) is 17.5 Å². The van der Waals surface area contributed by atoms with Gasteiger partial charge in [-0.3, -0.25) is 9.48 Å². The maximum Gasteiger partial charge on any atom is 0.254 e. The van der Waals surface area contributed by atoms with Crippen LogP contribution in [0.25, 0.3) is 0 Å². The lowest BCUT2D eigenvalue weighted by Gasteiger charge is -2.25. The second kappa shape index (κ2) is 6.70. The van der Waals surface area contributed by atoms with E-state index >= 15 is 0 Å². The fourth-order valence-electron chi connectivity index (χ4n) is 2.40. The number of amides is 1. The van der Waals surface area contributed by atoms with Crippen molar-refractivity contribution in [2.24, 2.45) is 11.7 Å². The molecule has 1 amide bonds. The van der Waals surface area contributed by atoms with Crippen LogP contribution >= 0.6 is 0 Å². The minimum absolute atomic E-state index is 0.00387. The molecule has 1 fully saturated rings. The summed E-state index contributed by atoms with van der Waals surface area (Å²) in [5, 5.41) is 7.24. The van der Waals surface area contributed by atoms with Crippen LogP contribution in [0.15, 0.2) is 6.20 Å². The highest BCUT2D eigenvalue weighted by molar-refractivity contribution is 5.94. The number of carbonyl (C=O) groups excluding carboxylic acids is 1. The van der Waals surface area contributed by atoms with Gasteiger partial charge in [0.05, 0.1) is 11.8 Å². The van der Waals surface area contributed by atoms with E-state index in [9.17, 15) is 4.79 Å². The van der Waals surface area contributed by atoms with Gasteiger partial charge in [0.15, 0.2) is 0 Å². The molecule has 1 aromatic heterocycles. The number of aryl methyl sites for hydroxylation is 1. The van der Waals surface area contributed by atoms with Crippen LogP contribution in [0.3, 0.4) is 0 Å². The Kier molecular flexibility index (Phi) is 4.96. The van der Waals surface area contributed by atoms with Gasteiger partial charge in [-0.1, -0.05) is 19.3 Å². The van der Waals surface area contributed by atoms with Gasteiger partial charge in [-0.25, -0.2) is 0 Å². The fraction of sp³-hybridized carbons (Fsp3) is 0.714. The summed E-state index contributed by atoms with van der Waals surface area (Å²) >= 11 is 0. The zero-order valence-corrected chi connectivity index (χ0v) is 11.7. The minimum Gasteiger partial charge on any atom is -0.352 e. The third-order valence-corrected chi connectivity index (χ3v) is 3.98. The molecule has 0 aliphatic heterocycles. The zero-order valence-electron chi connectivity index (χ0n) is 11.7. The Morgan fingerprint density at radius 2 is 2.37 bits per heavy atom. The summed E-state index contributed by atoms with van der Waals surface area (Å²) in [5.41, 5.74) is 7.10. The van der Waals surface area contributed by atoms with Crippen LogP contribution in [0.1, 0.15) is 48.2 Å². The van der Waals surface area contributed by atoms with E-state index in [0.29, 0.717) is 12.1 Å². The molecule has 0 bridgehead atoms. The average Bonchev–Trinajstić information content (AvgIpc) is 2.71. The number of carbonyl (C=O) groups is 1. The van der Waals surface area contributed by atoms with Crippen LogP contribution in [-0.4, -0.2) is 28.8 Å². The molecular weight excluding hydrogens is 240 g/mol. The molecule has 106 valence electrons. The first-order valence-corrected chi connectivity index (χ1v) is 7.23. The number of nitrogens with one attached hydrogen (secondary N) is 1. The molecule has 2 rings (SSSR count). The molecule has 0 spiro atoms. The zero-order chi connectivity index (χ0) is 13.7. The Morgan fingerprint density at radius 1 is 1.58 bits per heavy atom. The number of nitrogens with two attached hydrogens (primary N) is 1. The van der Waals surface area contributed by atoms with Crippen LogP contribution in [0.4, 0.5) is 0 Å². The van der Waals surface area contributed by atoms with Gasteiger partial charge in [0.25, 0.3) is 5.91 Å². The van der Waals surface area contributed by atoms with Crippen LogP contribution in [0, 0.1) is 12.8 Å². The first kappa shape index (κ1) is 14.1. The van der Waals surface area contributed by atoms with Gasteiger partial charge in [-0.15, -0.1) is 0 Å². The molecular formula is C14H24N4O. The molecule has 0 atom stereocenters. The summed E-state index contributed by atoms with van der Waals surface area (Å²) in [6.45, 7) is 4.13. The lowest BCUT2D eigenvalue weighted by molar-refractivity contribution is 0.0948. The second-order valence-electron chi connectivity index (χ2n) is 5.35. The van der Waals surface area contributed by atoms with E-state index < -0.39 is 0 Å². The van der Waals surface area contributed by atoms with Crippen molar-refractivity contribution in [2.45, 2.75) is 45.6 Å². The van der Waals surface area contributed by atoms with Gasteiger partial charge >= 0.3 is 0 Å². The van der Waals surface area contributed by atoms with Crippen molar-refractivity contribution in [3.8, 4) is 0 Å². The second-order valence-corrected chi connectivity index (χ2v) is 5.35. The van der Waals surface area contributed by atoms with Gasteiger partial charge in [0.2, 0.25) is 0 Å². The first-order valence-electron chi connectivity index (χ1n) is 7.23. The van der Waals surface area contributed by atoms with Gasteiger partial charge in [-0.2, -0.15) is 5.10 Å².